The van der Waals surface area contributed by atoms with Crippen molar-refractivity contribution in [1.29, 1.82) is 0 Å². The molecule has 1 aliphatic carbocycles. The normalized spacial score (nSPS) is 21.8. The number of hydrogen-bond donors (Lipinski definition) is 0. The van der Waals surface area contributed by atoms with E-state index < -0.39 is 6.04 Å². The van der Waals surface area contributed by atoms with Crippen molar-refractivity contribution in [2.24, 2.45) is 5.41 Å². The average Bonchev–Trinajstić information content (AvgIpc) is 3.59. The van der Waals surface area contributed by atoms with Crippen LogP contribution in [0, 0.1) is 5.41 Å². The zero-order valence-corrected chi connectivity index (χ0v) is 21.7. The number of hydrogen-bond acceptors (Lipinski definition) is 5. The summed E-state index contributed by atoms with van der Waals surface area (Å²) in [6.07, 6.45) is 2.63. The van der Waals surface area contributed by atoms with Gasteiger partial charge >= 0.3 is 0 Å². The van der Waals surface area contributed by atoms with E-state index in [0.717, 1.165) is 12.8 Å². The maximum absolute atomic E-state index is 13.7. The quantitative estimate of drug-likeness (QED) is 0.599. The minimum absolute atomic E-state index is 0.00266. The van der Waals surface area contributed by atoms with E-state index in [2.05, 4.69) is 0 Å². The fourth-order valence-electron chi connectivity index (χ4n) is 5.76. The third-order valence-electron chi connectivity index (χ3n) is 8.13. The summed E-state index contributed by atoms with van der Waals surface area (Å²) >= 11 is 6.15. The van der Waals surface area contributed by atoms with Crippen molar-refractivity contribution in [2.75, 3.05) is 50.8 Å². The van der Waals surface area contributed by atoms with Gasteiger partial charge in [-0.25, -0.2) is 0 Å². The van der Waals surface area contributed by atoms with Crippen LogP contribution in [0.1, 0.15) is 29.6 Å². The second-order valence-electron chi connectivity index (χ2n) is 10.6. The zero-order valence-electron chi connectivity index (χ0n) is 21.0. The average molecular weight is 537 g/mol. The van der Waals surface area contributed by atoms with Gasteiger partial charge in [-0.2, -0.15) is 0 Å². The molecule has 4 amide bonds. The smallest absolute Gasteiger partial charge is 0.265 e. The Labute approximate surface area is 225 Å². The molecular weight excluding hydrogens is 508 g/mol. The number of benzene rings is 2. The van der Waals surface area contributed by atoms with Gasteiger partial charge in [0.25, 0.3) is 11.8 Å². The summed E-state index contributed by atoms with van der Waals surface area (Å²) < 4.78 is 5.50. The first-order valence-corrected chi connectivity index (χ1v) is 13.4. The lowest BCUT2D eigenvalue weighted by Crippen LogP contribution is -2.56. The number of halogens is 1. The van der Waals surface area contributed by atoms with Crippen LogP contribution in [0.4, 0.5) is 5.69 Å². The lowest BCUT2D eigenvalue weighted by molar-refractivity contribution is -0.144. The molecule has 198 valence electrons. The van der Waals surface area contributed by atoms with E-state index in [9.17, 15) is 19.2 Å². The first kappa shape index (κ1) is 24.7. The molecule has 0 N–H and O–H groups in total. The molecule has 10 heteroatoms. The predicted molar refractivity (Wildman–Crippen MR) is 140 cm³/mol. The van der Waals surface area contributed by atoms with Crippen molar-refractivity contribution in [3.05, 3.63) is 59.1 Å². The Morgan fingerprint density at radius 2 is 1.68 bits per heavy atom. The van der Waals surface area contributed by atoms with Crippen molar-refractivity contribution in [3.8, 4) is 5.75 Å². The molecule has 38 heavy (non-hydrogen) atoms. The van der Waals surface area contributed by atoms with Crippen molar-refractivity contribution in [3.63, 3.8) is 0 Å². The summed E-state index contributed by atoms with van der Waals surface area (Å²) in [5, 5.41) is 0.440. The zero-order chi connectivity index (χ0) is 26.4. The Hall–Kier alpha value is -3.59. The Kier molecular flexibility index (Phi) is 6.26. The summed E-state index contributed by atoms with van der Waals surface area (Å²) in [4.78, 5) is 59.4. The number of amides is 4. The number of carbonyl (C=O) groups excluding carboxylic acids is 4. The van der Waals surface area contributed by atoms with Crippen LogP contribution in [0.25, 0.3) is 0 Å². The number of piperazine rings is 1. The second kappa shape index (κ2) is 9.62. The highest BCUT2D eigenvalue weighted by atomic mass is 35.5. The van der Waals surface area contributed by atoms with Crippen LogP contribution >= 0.6 is 11.6 Å². The van der Waals surface area contributed by atoms with E-state index in [0.29, 0.717) is 61.2 Å². The lowest BCUT2D eigenvalue weighted by Gasteiger charge is -2.37. The number of rotatable bonds is 4. The van der Waals surface area contributed by atoms with E-state index in [-0.39, 0.29) is 42.2 Å². The van der Waals surface area contributed by atoms with Gasteiger partial charge in [-0.1, -0.05) is 29.8 Å². The Morgan fingerprint density at radius 3 is 2.39 bits per heavy atom. The van der Waals surface area contributed by atoms with E-state index in [4.69, 9.17) is 16.3 Å². The van der Waals surface area contributed by atoms with E-state index in [1.807, 2.05) is 18.2 Å². The molecule has 2 saturated heterocycles. The summed E-state index contributed by atoms with van der Waals surface area (Å²) in [5.41, 5.74) is 1.10. The topological polar surface area (TPSA) is 90.5 Å². The first-order valence-electron chi connectivity index (χ1n) is 13.0. The van der Waals surface area contributed by atoms with Crippen molar-refractivity contribution >= 4 is 40.9 Å². The number of nitrogens with zero attached hydrogens (tertiary/aromatic N) is 4. The fraction of sp³-hybridized carbons (Fsp3) is 0.429. The van der Waals surface area contributed by atoms with Gasteiger partial charge in [0.1, 0.15) is 18.3 Å². The van der Waals surface area contributed by atoms with Gasteiger partial charge in [0.05, 0.1) is 5.69 Å². The lowest BCUT2D eigenvalue weighted by atomic mass is 10.0. The standard InChI is InChI=1S/C28H29ClN4O5/c29-20-6-7-23-21(14-20)32(25(35)17-38-23)16-24(34)33-18-28(8-9-28)15-22(33)27(37)31-12-10-30(11-13-31)26(36)19-4-2-1-3-5-19/h1-7,14,22H,8-13,15-18H2/t22-/m0/s1. The summed E-state index contributed by atoms with van der Waals surface area (Å²) in [7, 11) is 0. The van der Waals surface area contributed by atoms with E-state index >= 15 is 0 Å². The van der Waals surface area contributed by atoms with Gasteiger partial charge in [0.15, 0.2) is 6.61 Å². The maximum Gasteiger partial charge on any atom is 0.265 e. The Morgan fingerprint density at radius 1 is 0.974 bits per heavy atom. The predicted octanol–water partition coefficient (Wildman–Crippen LogP) is 2.43. The van der Waals surface area contributed by atoms with Crippen molar-refractivity contribution < 1.29 is 23.9 Å². The highest BCUT2D eigenvalue weighted by Crippen LogP contribution is 2.55. The maximum atomic E-state index is 13.7. The van der Waals surface area contributed by atoms with Gasteiger partial charge in [0.2, 0.25) is 11.8 Å². The third-order valence-corrected chi connectivity index (χ3v) is 8.36. The molecule has 1 atom stereocenters. The summed E-state index contributed by atoms with van der Waals surface area (Å²) in [5.74, 6) is -0.201. The van der Waals surface area contributed by atoms with Crippen molar-refractivity contribution in [1.82, 2.24) is 14.7 Å². The van der Waals surface area contributed by atoms with Gasteiger partial charge in [-0.05, 0) is 55.0 Å². The minimum atomic E-state index is -0.559. The number of fused-ring (bicyclic) bond motifs is 1. The molecule has 1 spiro atoms. The molecule has 0 bridgehead atoms. The van der Waals surface area contributed by atoms with Crippen LogP contribution in [0.15, 0.2) is 48.5 Å². The second-order valence-corrected chi connectivity index (χ2v) is 11.0. The molecule has 4 aliphatic rings. The van der Waals surface area contributed by atoms with Gasteiger partial charge in [0, 0.05) is 43.3 Å². The number of carbonyl (C=O) groups is 4. The molecule has 0 radical (unpaired) electrons. The number of anilines is 1. The minimum Gasteiger partial charge on any atom is -0.482 e. The molecule has 6 rings (SSSR count). The molecular formula is C28H29ClN4O5. The van der Waals surface area contributed by atoms with E-state index in [1.165, 1.54) is 4.90 Å². The molecule has 1 saturated carbocycles. The SMILES string of the molecule is O=C(c1ccccc1)N1CCN(C(=O)[C@@H]2CC3(CC3)CN2C(=O)CN2C(=O)COc3ccc(Cl)cc32)CC1. The van der Waals surface area contributed by atoms with Crippen LogP contribution in [0.5, 0.6) is 5.75 Å². The van der Waals surface area contributed by atoms with Crippen LogP contribution in [-0.2, 0) is 14.4 Å². The Bertz CT molecular complexity index is 1290. The summed E-state index contributed by atoms with van der Waals surface area (Å²) in [6, 6.07) is 13.6. The molecule has 3 heterocycles. The van der Waals surface area contributed by atoms with E-state index in [1.54, 1.807) is 45.0 Å². The van der Waals surface area contributed by atoms with Crippen LogP contribution < -0.4 is 9.64 Å². The summed E-state index contributed by atoms with van der Waals surface area (Å²) in [6.45, 7) is 1.95. The number of ether oxygens (including phenoxy) is 1. The molecule has 3 fully saturated rings. The van der Waals surface area contributed by atoms with Crippen LogP contribution in [-0.4, -0.2) is 90.2 Å². The molecule has 0 unspecified atom stereocenters. The largest absolute Gasteiger partial charge is 0.482 e. The highest BCUT2D eigenvalue weighted by Gasteiger charge is 2.56. The van der Waals surface area contributed by atoms with Crippen molar-refractivity contribution in [2.45, 2.75) is 25.3 Å². The molecule has 2 aromatic carbocycles. The van der Waals surface area contributed by atoms with Gasteiger partial charge < -0.3 is 19.4 Å². The van der Waals surface area contributed by atoms with Gasteiger partial charge in [-0.3, -0.25) is 24.1 Å². The highest BCUT2D eigenvalue weighted by molar-refractivity contribution is 6.31. The molecule has 0 aromatic heterocycles. The van der Waals surface area contributed by atoms with Crippen LogP contribution in [0.3, 0.4) is 0 Å². The van der Waals surface area contributed by atoms with Gasteiger partial charge in [-0.15, -0.1) is 0 Å². The fourth-order valence-corrected chi connectivity index (χ4v) is 5.92. The Balaban J connectivity index is 1.14. The van der Waals surface area contributed by atoms with Crippen LogP contribution in [0.2, 0.25) is 5.02 Å². The number of likely N-dealkylation sites (tertiary alicyclic amines) is 1. The monoisotopic (exact) mass is 536 g/mol. The molecule has 3 aliphatic heterocycles. The molecule has 9 nitrogen and oxygen atoms in total. The third kappa shape index (κ3) is 4.60. The first-order chi connectivity index (χ1) is 18.3. The molecule has 2 aromatic rings.